The fourth-order valence-corrected chi connectivity index (χ4v) is 2.86. The summed E-state index contributed by atoms with van der Waals surface area (Å²) in [5.74, 6) is 0.0245. The minimum Gasteiger partial charge on any atom is -0.356 e. The molecule has 0 aliphatic heterocycles. The van der Waals surface area contributed by atoms with E-state index in [0.29, 0.717) is 17.0 Å². The highest BCUT2D eigenvalue weighted by Gasteiger charge is 2.10. The third kappa shape index (κ3) is 3.99. The average Bonchev–Trinajstić information content (AvgIpc) is 3.22. The van der Waals surface area contributed by atoms with E-state index in [9.17, 15) is 9.18 Å². The largest absolute Gasteiger partial charge is 0.356 e. The first kappa shape index (κ1) is 17.7. The van der Waals surface area contributed by atoms with Gasteiger partial charge in [-0.3, -0.25) is 4.79 Å². The summed E-state index contributed by atoms with van der Waals surface area (Å²) < 4.78 is 18.3. The number of nitrogens with zero attached hydrogens (tertiary/aromatic N) is 1. The van der Waals surface area contributed by atoms with Crippen molar-refractivity contribution in [3.05, 3.63) is 102 Å². The average molecular weight is 372 g/mol. The third-order valence-electron chi connectivity index (χ3n) is 4.37. The van der Waals surface area contributed by atoms with E-state index < -0.39 is 0 Å². The molecule has 3 aromatic carbocycles. The topological polar surface area (TPSA) is 55.1 Å². The van der Waals surface area contributed by atoms with Gasteiger partial charge in [-0.2, -0.15) is 0 Å². The van der Waals surface area contributed by atoms with Crippen molar-refractivity contribution in [1.29, 1.82) is 0 Å². The van der Waals surface area contributed by atoms with Gasteiger partial charge in [0.2, 0.25) is 0 Å². The Morgan fingerprint density at radius 3 is 2.21 bits per heavy atom. The molecule has 28 heavy (non-hydrogen) atoms. The Labute approximate surface area is 161 Å². The molecule has 4 aromatic rings. The van der Waals surface area contributed by atoms with E-state index >= 15 is 0 Å². The molecule has 0 bridgehead atoms. The number of halogens is 1. The molecule has 0 fully saturated rings. The van der Waals surface area contributed by atoms with Gasteiger partial charge in [-0.05, 0) is 47.5 Å². The number of benzene rings is 3. The fraction of sp³-hybridized carbons (Fsp3) is 0.0435. The SMILES string of the molecule is O=C(NCc1cc(-c2ccc(F)cc2)on1)c1ccc(-c2ccccc2)cc1. The zero-order valence-electron chi connectivity index (χ0n) is 14.9. The number of aromatic nitrogens is 1. The summed E-state index contributed by atoms with van der Waals surface area (Å²) in [6.07, 6.45) is 0. The maximum atomic E-state index is 13.0. The van der Waals surface area contributed by atoms with Crippen LogP contribution in [-0.2, 0) is 6.54 Å². The molecule has 0 saturated heterocycles. The smallest absolute Gasteiger partial charge is 0.251 e. The van der Waals surface area contributed by atoms with Crippen molar-refractivity contribution in [2.75, 3.05) is 0 Å². The van der Waals surface area contributed by atoms with E-state index in [4.69, 9.17) is 4.52 Å². The molecule has 0 spiro atoms. The molecule has 1 heterocycles. The molecule has 1 amide bonds. The zero-order valence-corrected chi connectivity index (χ0v) is 14.9. The predicted octanol–water partition coefficient (Wildman–Crippen LogP) is 5.08. The first-order valence-electron chi connectivity index (χ1n) is 8.84. The number of hydrogen-bond acceptors (Lipinski definition) is 3. The van der Waals surface area contributed by atoms with Gasteiger partial charge in [0.1, 0.15) is 11.5 Å². The normalized spacial score (nSPS) is 10.6. The van der Waals surface area contributed by atoms with Crippen LogP contribution >= 0.6 is 0 Å². The second-order valence-corrected chi connectivity index (χ2v) is 6.32. The molecule has 1 N–H and O–H groups in total. The Balaban J connectivity index is 1.39. The predicted molar refractivity (Wildman–Crippen MR) is 105 cm³/mol. The lowest BCUT2D eigenvalue weighted by Gasteiger charge is -2.05. The first-order chi connectivity index (χ1) is 13.7. The van der Waals surface area contributed by atoms with Crippen molar-refractivity contribution >= 4 is 5.91 Å². The number of hydrogen-bond donors (Lipinski definition) is 1. The Morgan fingerprint density at radius 2 is 1.50 bits per heavy atom. The monoisotopic (exact) mass is 372 g/mol. The van der Waals surface area contributed by atoms with Crippen LogP contribution in [0.15, 0.2) is 89.5 Å². The van der Waals surface area contributed by atoms with Crippen molar-refractivity contribution in [1.82, 2.24) is 10.5 Å². The molecule has 0 aliphatic rings. The zero-order chi connectivity index (χ0) is 19.3. The van der Waals surface area contributed by atoms with E-state index in [1.807, 2.05) is 42.5 Å². The minimum absolute atomic E-state index is 0.189. The Hall–Kier alpha value is -3.73. The highest BCUT2D eigenvalue weighted by molar-refractivity contribution is 5.94. The van der Waals surface area contributed by atoms with E-state index in [0.717, 1.165) is 16.7 Å². The first-order valence-corrected chi connectivity index (χ1v) is 8.84. The van der Waals surface area contributed by atoms with Gasteiger partial charge in [0.05, 0.1) is 6.54 Å². The molecule has 0 aliphatic carbocycles. The molecule has 4 nitrogen and oxygen atoms in total. The van der Waals surface area contributed by atoms with Crippen LogP contribution in [0.5, 0.6) is 0 Å². The molecule has 0 saturated carbocycles. The lowest BCUT2D eigenvalue weighted by molar-refractivity contribution is 0.0950. The highest BCUT2D eigenvalue weighted by atomic mass is 19.1. The molecule has 1 aromatic heterocycles. The van der Waals surface area contributed by atoms with Crippen LogP contribution in [-0.4, -0.2) is 11.1 Å². The third-order valence-corrected chi connectivity index (χ3v) is 4.37. The minimum atomic E-state index is -0.311. The number of amides is 1. The summed E-state index contributed by atoms with van der Waals surface area (Å²) in [5.41, 5.74) is 4.04. The number of nitrogens with one attached hydrogen (secondary N) is 1. The van der Waals surface area contributed by atoms with Crippen LogP contribution in [0.3, 0.4) is 0 Å². The van der Waals surface area contributed by atoms with Gasteiger partial charge < -0.3 is 9.84 Å². The summed E-state index contributed by atoms with van der Waals surface area (Å²) in [6, 6.07) is 25.1. The number of rotatable bonds is 5. The molecule has 5 heteroatoms. The van der Waals surface area contributed by atoms with Gasteiger partial charge in [0.15, 0.2) is 5.76 Å². The van der Waals surface area contributed by atoms with E-state index in [2.05, 4.69) is 10.5 Å². The van der Waals surface area contributed by atoms with E-state index in [1.54, 1.807) is 30.3 Å². The second kappa shape index (κ2) is 7.88. The summed E-state index contributed by atoms with van der Waals surface area (Å²) in [7, 11) is 0. The lowest BCUT2D eigenvalue weighted by atomic mass is 10.0. The molecular formula is C23H17FN2O2. The van der Waals surface area contributed by atoms with Crippen molar-refractivity contribution in [3.63, 3.8) is 0 Å². The van der Waals surface area contributed by atoms with E-state index in [1.165, 1.54) is 12.1 Å². The molecule has 0 atom stereocenters. The summed E-state index contributed by atoms with van der Waals surface area (Å²) in [6.45, 7) is 0.240. The van der Waals surface area contributed by atoms with Gasteiger partial charge in [-0.25, -0.2) is 4.39 Å². The van der Waals surface area contributed by atoms with Gasteiger partial charge in [-0.1, -0.05) is 47.6 Å². The molecule has 4 rings (SSSR count). The van der Waals surface area contributed by atoms with Gasteiger partial charge in [-0.15, -0.1) is 0 Å². The fourth-order valence-electron chi connectivity index (χ4n) is 2.86. The Bertz CT molecular complexity index is 1070. The van der Waals surface area contributed by atoms with Crippen LogP contribution in [0.4, 0.5) is 4.39 Å². The molecule has 0 radical (unpaired) electrons. The van der Waals surface area contributed by atoms with Crippen molar-refractivity contribution in [3.8, 4) is 22.5 Å². The Morgan fingerprint density at radius 1 is 0.857 bits per heavy atom. The van der Waals surface area contributed by atoms with Crippen molar-refractivity contribution < 1.29 is 13.7 Å². The van der Waals surface area contributed by atoms with Gasteiger partial charge in [0.25, 0.3) is 5.91 Å². The summed E-state index contributed by atoms with van der Waals surface area (Å²) in [5, 5.41) is 6.78. The quantitative estimate of drug-likeness (QED) is 0.532. The van der Waals surface area contributed by atoms with Crippen LogP contribution in [0, 0.1) is 5.82 Å². The molecule has 138 valence electrons. The molecular weight excluding hydrogens is 355 g/mol. The van der Waals surface area contributed by atoms with E-state index in [-0.39, 0.29) is 18.3 Å². The van der Waals surface area contributed by atoms with Crippen LogP contribution in [0.1, 0.15) is 16.1 Å². The van der Waals surface area contributed by atoms with Crippen LogP contribution in [0.25, 0.3) is 22.5 Å². The second-order valence-electron chi connectivity index (χ2n) is 6.32. The summed E-state index contributed by atoms with van der Waals surface area (Å²) >= 11 is 0. The van der Waals surface area contributed by atoms with Crippen molar-refractivity contribution in [2.24, 2.45) is 0 Å². The maximum absolute atomic E-state index is 13.0. The standard InChI is InChI=1S/C23H17FN2O2/c24-20-12-10-18(11-13-20)22-14-21(26-28-22)15-25-23(27)19-8-6-17(7-9-19)16-4-2-1-3-5-16/h1-14H,15H2,(H,25,27). The number of carbonyl (C=O) groups is 1. The highest BCUT2D eigenvalue weighted by Crippen LogP contribution is 2.21. The van der Waals surface area contributed by atoms with Crippen LogP contribution < -0.4 is 5.32 Å². The lowest BCUT2D eigenvalue weighted by Crippen LogP contribution is -2.22. The maximum Gasteiger partial charge on any atom is 0.251 e. The Kier molecular flexibility index (Phi) is 4.97. The van der Waals surface area contributed by atoms with Crippen molar-refractivity contribution in [2.45, 2.75) is 6.54 Å². The van der Waals surface area contributed by atoms with Gasteiger partial charge >= 0.3 is 0 Å². The summed E-state index contributed by atoms with van der Waals surface area (Å²) in [4.78, 5) is 12.4. The van der Waals surface area contributed by atoms with Crippen LogP contribution in [0.2, 0.25) is 0 Å². The number of carbonyl (C=O) groups excluding carboxylic acids is 1. The van der Waals surface area contributed by atoms with Gasteiger partial charge in [0, 0.05) is 17.2 Å². The molecule has 0 unspecified atom stereocenters.